The number of aliphatic hydroxyl groups is 1. The molecule has 0 unspecified atom stereocenters. The van der Waals surface area contributed by atoms with E-state index in [9.17, 15) is 29.1 Å². The van der Waals surface area contributed by atoms with Crippen LogP contribution in [-0.2, 0) is 45.1 Å². The van der Waals surface area contributed by atoms with Gasteiger partial charge in [0.25, 0.3) is 5.91 Å². The summed E-state index contributed by atoms with van der Waals surface area (Å²) >= 11 is 4.51. The van der Waals surface area contributed by atoms with Gasteiger partial charge in [-0.3, -0.25) is 24.5 Å². The molecule has 4 aliphatic rings. The molecule has 1 saturated carbocycles. The summed E-state index contributed by atoms with van der Waals surface area (Å²) in [5.41, 5.74) is 8.86. The largest absolute Gasteiger partial charge is 0.494 e. The first-order valence-corrected chi connectivity index (χ1v) is 32.2. The molecule has 4 amide bonds. The van der Waals surface area contributed by atoms with Crippen molar-refractivity contribution < 1.29 is 38.6 Å². The van der Waals surface area contributed by atoms with E-state index >= 15 is 0 Å². The molecule has 0 bridgehead atoms. The second-order valence-electron chi connectivity index (χ2n) is 24.0. The molecule has 2 saturated heterocycles. The van der Waals surface area contributed by atoms with Crippen LogP contribution in [0.1, 0.15) is 119 Å². The third-order valence-corrected chi connectivity index (χ3v) is 20.1. The fourth-order valence-electron chi connectivity index (χ4n) is 12.0. The lowest BCUT2D eigenvalue weighted by atomic mass is 9.76. The number of β-amino-alcohol motifs (C(OH)–C–C–N with tert-alkyl or cyclic N) is 1. The van der Waals surface area contributed by atoms with Crippen molar-refractivity contribution in [1.29, 1.82) is 0 Å². The number of rotatable bonds is 18. The third kappa shape index (κ3) is 14.0. The summed E-state index contributed by atoms with van der Waals surface area (Å²) in [5.74, 6) is 6.28. The van der Waals surface area contributed by atoms with Crippen molar-refractivity contribution in [1.82, 2.24) is 35.4 Å². The molecule has 11 rings (SSSR count). The molecule has 3 aliphatic heterocycles. The molecule has 4 aromatic carbocycles. The number of fused-ring (bicyclic) bond motifs is 2. The van der Waals surface area contributed by atoms with E-state index in [1.165, 1.54) is 34.7 Å². The normalized spacial score (nSPS) is 19.2. The molecule has 1 aliphatic carbocycles. The number of methoxy groups -OCH3 is 1. The second-order valence-corrected chi connectivity index (χ2v) is 26.9. The number of aromatic nitrogens is 3. The molecule has 448 valence electrons. The van der Waals surface area contributed by atoms with Crippen LogP contribution in [0, 0.1) is 36.0 Å². The van der Waals surface area contributed by atoms with Gasteiger partial charge in [0, 0.05) is 67.0 Å². The Morgan fingerprint density at radius 3 is 2.40 bits per heavy atom. The molecule has 6 heterocycles. The molecule has 3 fully saturated rings. The number of esters is 1. The van der Waals surface area contributed by atoms with Gasteiger partial charge in [-0.1, -0.05) is 92.5 Å². The van der Waals surface area contributed by atoms with Gasteiger partial charge in [-0.05, 0) is 141 Å². The van der Waals surface area contributed by atoms with Gasteiger partial charge in [0.2, 0.25) is 17.7 Å². The lowest BCUT2D eigenvalue weighted by Gasteiger charge is -2.45. The predicted molar refractivity (Wildman–Crippen MR) is 336 cm³/mol. The lowest BCUT2D eigenvalue weighted by molar-refractivity contribution is -0.145. The van der Waals surface area contributed by atoms with Crippen LogP contribution in [0.25, 0.3) is 20.7 Å². The van der Waals surface area contributed by atoms with Crippen LogP contribution < -0.4 is 25.6 Å². The zero-order chi connectivity index (χ0) is 60.1. The quantitative estimate of drug-likeness (QED) is 0.0359. The molecule has 20 heteroatoms. The number of piperidine rings is 1. The molecule has 4 N–H and O–H groups in total. The van der Waals surface area contributed by atoms with E-state index in [1.54, 1.807) is 11.3 Å². The van der Waals surface area contributed by atoms with E-state index in [2.05, 4.69) is 53.6 Å². The summed E-state index contributed by atoms with van der Waals surface area (Å²) in [7, 11) is 1.37. The van der Waals surface area contributed by atoms with Crippen LogP contribution in [-0.4, -0.2) is 124 Å². The zero-order valence-corrected chi connectivity index (χ0v) is 51.7. The summed E-state index contributed by atoms with van der Waals surface area (Å²) < 4.78 is 12.3. The number of carbonyl (C=O) groups is 5. The summed E-state index contributed by atoms with van der Waals surface area (Å²) in [6, 6.07) is 28.0. The number of nitrogens with zero attached hydrogens (tertiary/aromatic N) is 6. The average Bonchev–Trinajstić information content (AvgIpc) is 2.29. The monoisotopic (exact) mass is 1220 g/mol. The van der Waals surface area contributed by atoms with Crippen molar-refractivity contribution in [2.75, 3.05) is 50.1 Å². The number of thiazole rings is 3. The summed E-state index contributed by atoms with van der Waals surface area (Å²) in [6.07, 6.45) is 5.61. The number of amides is 4. The first-order chi connectivity index (χ1) is 41.5. The van der Waals surface area contributed by atoms with Crippen molar-refractivity contribution >= 4 is 84.1 Å². The highest BCUT2D eigenvalue weighted by atomic mass is 32.1. The molecule has 3 aromatic heterocycles. The topological polar surface area (TPSA) is 209 Å². The maximum absolute atomic E-state index is 14.3. The number of nitrogens with one attached hydrogen (secondary N) is 3. The van der Waals surface area contributed by atoms with Crippen molar-refractivity contribution in [3.05, 3.63) is 141 Å². The van der Waals surface area contributed by atoms with Gasteiger partial charge in [0.15, 0.2) is 16.0 Å². The Hall–Kier alpha value is -7.54. The number of likely N-dealkylation sites (tertiary alicyclic amines) is 2. The van der Waals surface area contributed by atoms with E-state index in [-0.39, 0.29) is 49.1 Å². The number of para-hydroxylation sites is 1. The van der Waals surface area contributed by atoms with Crippen molar-refractivity contribution in [2.24, 2.45) is 17.3 Å². The fraction of sp³-hybridized carbons (Fsp3) is 0.424. The van der Waals surface area contributed by atoms with Gasteiger partial charge in [-0.25, -0.2) is 19.7 Å². The Morgan fingerprint density at radius 1 is 0.884 bits per heavy atom. The number of anilines is 2. The summed E-state index contributed by atoms with van der Waals surface area (Å²) in [5, 5.41) is 21.1. The van der Waals surface area contributed by atoms with E-state index in [0.29, 0.717) is 66.0 Å². The molecule has 0 spiro atoms. The first-order valence-electron chi connectivity index (χ1n) is 29.7. The Bertz CT molecular complexity index is 3630. The van der Waals surface area contributed by atoms with Gasteiger partial charge >= 0.3 is 5.97 Å². The highest BCUT2D eigenvalue weighted by molar-refractivity contribution is 7.22. The molecule has 7 aromatic rings. The number of ether oxygens (including phenoxy) is 2. The van der Waals surface area contributed by atoms with E-state index in [0.717, 1.165) is 111 Å². The lowest BCUT2D eigenvalue weighted by Crippen LogP contribution is -2.60. The van der Waals surface area contributed by atoms with Crippen LogP contribution in [0.15, 0.2) is 96.5 Å². The van der Waals surface area contributed by atoms with E-state index < -0.39 is 29.6 Å². The Labute approximate surface area is 513 Å². The Kier molecular flexibility index (Phi) is 18.6. The highest BCUT2D eigenvalue weighted by Crippen LogP contribution is 2.38. The molecular weight excluding hydrogens is 1140 g/mol. The molecular formula is C66H73N9O8S3. The standard InChI is InChI=1S/C66H73N9O8S3/c1-40-57(84-39-68-40)45-22-18-43(19-23-45)36-67-61(79)53-35-48(76)37-75(53)62(80)58(66(2,3)4)71-59(77)46-33-47(34-46)73-29-26-42(27-30-73)12-8-11-41-20-24-49(25-21-41)83-32-10-17-55-56(63(81)82-5)70-65(86-55)74-31-28-44-13-9-14-50(51(44)38-74)60(78)72-64-69-52-15-6-7-16-54(52)85-64/h6-7,9,13-16,18-25,39,42,46-48,53,58,76H,10,12,17,26-38H2,1-5H3,(H,67,79)(H,71,77)(H,69,72,78)/t46?,47?,48-,53+,58-/m1/s1. The van der Waals surface area contributed by atoms with Crippen molar-refractivity contribution in [2.45, 2.75) is 123 Å². The maximum Gasteiger partial charge on any atom is 0.357 e. The number of aliphatic hydroxyl groups excluding tert-OH is 1. The van der Waals surface area contributed by atoms with E-state index in [1.807, 2.05) is 118 Å². The van der Waals surface area contributed by atoms with Crippen LogP contribution in [0.4, 0.5) is 10.3 Å². The van der Waals surface area contributed by atoms with Crippen LogP contribution >= 0.6 is 34.0 Å². The summed E-state index contributed by atoms with van der Waals surface area (Å²) in [6.45, 7) is 11.5. The minimum atomic E-state index is -0.865. The number of hydrogen-bond donors (Lipinski definition) is 4. The van der Waals surface area contributed by atoms with Gasteiger partial charge in [-0.2, -0.15) is 0 Å². The van der Waals surface area contributed by atoms with Crippen LogP contribution in [0.5, 0.6) is 5.75 Å². The van der Waals surface area contributed by atoms with Gasteiger partial charge in [-0.15, -0.1) is 22.7 Å². The smallest absolute Gasteiger partial charge is 0.357 e. The number of aryl methyl sites for hydroxylation is 2. The Morgan fingerprint density at radius 2 is 1.66 bits per heavy atom. The minimum absolute atomic E-state index is 0.0277. The maximum atomic E-state index is 14.3. The number of carbonyl (C=O) groups excluding carboxylic acids is 5. The van der Waals surface area contributed by atoms with Crippen molar-refractivity contribution in [3.63, 3.8) is 0 Å². The number of benzene rings is 4. The number of hydrogen-bond acceptors (Lipinski definition) is 16. The minimum Gasteiger partial charge on any atom is -0.494 e. The van der Waals surface area contributed by atoms with Crippen LogP contribution in [0.2, 0.25) is 0 Å². The third-order valence-electron chi connectivity index (χ3n) is 17.0. The fourth-order valence-corrected chi connectivity index (χ4v) is 14.8. The molecule has 0 radical (unpaired) electrons. The van der Waals surface area contributed by atoms with Gasteiger partial charge in [0.05, 0.1) is 46.1 Å². The zero-order valence-electron chi connectivity index (χ0n) is 49.2. The van der Waals surface area contributed by atoms with Crippen molar-refractivity contribution in [3.8, 4) is 28.0 Å². The van der Waals surface area contributed by atoms with E-state index in [4.69, 9.17) is 14.5 Å². The highest BCUT2D eigenvalue weighted by Gasteiger charge is 2.46. The first kappa shape index (κ1) is 60.2. The van der Waals surface area contributed by atoms with Crippen LogP contribution in [0.3, 0.4) is 0 Å². The molecule has 17 nitrogen and oxygen atoms in total. The Balaban J connectivity index is 0.596. The summed E-state index contributed by atoms with van der Waals surface area (Å²) in [4.78, 5) is 90.0. The van der Waals surface area contributed by atoms with Gasteiger partial charge < -0.3 is 39.9 Å². The van der Waals surface area contributed by atoms with Gasteiger partial charge in [0.1, 0.15) is 17.8 Å². The average molecular weight is 1220 g/mol. The SMILES string of the molecule is COC(=O)c1nc(N2CCc3cccc(C(=O)Nc4nc5ccccc5s4)c3C2)sc1CCCOc1ccc(C#CCC2CCN(C3CC(C(=O)N[C@H](C(=O)N4C[C@H](O)C[C@H]4C(=O)NCc4ccc(-c5scnc5C)cc4)C(C)(C)C)C3)CC2)cc1. The molecule has 3 atom stereocenters. The second kappa shape index (κ2) is 26.6. The molecule has 86 heavy (non-hydrogen) atoms. The predicted octanol–water partition coefficient (Wildman–Crippen LogP) is 9.84.